The summed E-state index contributed by atoms with van der Waals surface area (Å²) in [6, 6.07) is 4.98. The summed E-state index contributed by atoms with van der Waals surface area (Å²) in [5.74, 6) is 0.876. The van der Waals surface area contributed by atoms with Crippen LogP contribution in [-0.2, 0) is 6.54 Å². The average molecular weight is 292 g/mol. The standard InChI is InChI=1S/C13H16N4O2S/c1-8(2)7-16-12(14-15-13(16)20)10-6-9(3)4-5-11(10)17(18)19/h4-6,8H,7H2,1-3H3,(H,15,20). The predicted molar refractivity (Wildman–Crippen MR) is 79.1 cm³/mol. The Kier molecular flexibility index (Phi) is 3.99. The van der Waals surface area contributed by atoms with E-state index in [1.807, 2.05) is 11.5 Å². The summed E-state index contributed by atoms with van der Waals surface area (Å²) in [6.07, 6.45) is 0. The van der Waals surface area contributed by atoms with E-state index in [0.717, 1.165) is 5.56 Å². The molecule has 0 bridgehead atoms. The number of H-pyrrole nitrogens is 1. The second-order valence-corrected chi connectivity index (χ2v) is 5.52. The van der Waals surface area contributed by atoms with Gasteiger partial charge >= 0.3 is 0 Å². The molecule has 0 saturated carbocycles. The van der Waals surface area contributed by atoms with Crippen LogP contribution in [0, 0.1) is 27.7 Å². The minimum absolute atomic E-state index is 0.0367. The number of aromatic amines is 1. The molecule has 1 aromatic heterocycles. The van der Waals surface area contributed by atoms with Crippen molar-refractivity contribution in [2.75, 3.05) is 0 Å². The zero-order valence-electron chi connectivity index (χ0n) is 11.6. The molecule has 1 N–H and O–H groups in total. The Bertz CT molecular complexity index is 703. The smallest absolute Gasteiger partial charge is 0.280 e. The van der Waals surface area contributed by atoms with E-state index in [0.29, 0.717) is 28.6 Å². The number of nitrogens with zero attached hydrogens (tertiary/aromatic N) is 3. The molecule has 0 aliphatic heterocycles. The Morgan fingerprint density at radius 3 is 2.80 bits per heavy atom. The molecular formula is C13H16N4O2S. The van der Waals surface area contributed by atoms with E-state index in [-0.39, 0.29) is 5.69 Å². The van der Waals surface area contributed by atoms with Crippen LogP contribution >= 0.6 is 12.2 Å². The van der Waals surface area contributed by atoms with Crippen molar-refractivity contribution in [3.05, 3.63) is 38.6 Å². The summed E-state index contributed by atoms with van der Waals surface area (Å²) in [7, 11) is 0. The van der Waals surface area contributed by atoms with Gasteiger partial charge in [0.1, 0.15) is 0 Å². The second-order valence-electron chi connectivity index (χ2n) is 5.13. The molecule has 0 aliphatic carbocycles. The molecule has 0 saturated heterocycles. The van der Waals surface area contributed by atoms with E-state index in [2.05, 4.69) is 24.0 Å². The van der Waals surface area contributed by atoms with Crippen molar-refractivity contribution in [3.63, 3.8) is 0 Å². The van der Waals surface area contributed by atoms with Gasteiger partial charge in [-0.2, -0.15) is 5.10 Å². The van der Waals surface area contributed by atoms with Gasteiger partial charge in [0.2, 0.25) is 0 Å². The average Bonchev–Trinajstić information content (AvgIpc) is 2.70. The summed E-state index contributed by atoms with van der Waals surface area (Å²) in [4.78, 5) is 10.8. The number of aryl methyl sites for hydroxylation is 1. The van der Waals surface area contributed by atoms with Gasteiger partial charge in [-0.1, -0.05) is 19.9 Å². The van der Waals surface area contributed by atoms with E-state index in [1.54, 1.807) is 12.1 Å². The van der Waals surface area contributed by atoms with Gasteiger partial charge in [-0.05, 0) is 36.7 Å². The fourth-order valence-electron chi connectivity index (χ4n) is 2.05. The van der Waals surface area contributed by atoms with Crippen molar-refractivity contribution < 1.29 is 4.92 Å². The summed E-state index contributed by atoms with van der Waals surface area (Å²) >= 11 is 5.21. The highest BCUT2D eigenvalue weighted by atomic mass is 32.1. The molecule has 0 aliphatic rings. The summed E-state index contributed by atoms with van der Waals surface area (Å²) in [5.41, 5.74) is 1.47. The zero-order valence-corrected chi connectivity index (χ0v) is 12.4. The van der Waals surface area contributed by atoms with Gasteiger partial charge in [0.05, 0.1) is 10.5 Å². The first-order chi connectivity index (χ1) is 9.40. The third-order valence-electron chi connectivity index (χ3n) is 2.90. The van der Waals surface area contributed by atoms with Crippen molar-refractivity contribution in [1.82, 2.24) is 14.8 Å². The Labute approximate surface area is 121 Å². The number of hydrogen-bond donors (Lipinski definition) is 1. The Morgan fingerprint density at radius 1 is 1.50 bits per heavy atom. The van der Waals surface area contributed by atoms with Crippen molar-refractivity contribution in [3.8, 4) is 11.4 Å². The lowest BCUT2D eigenvalue weighted by Crippen LogP contribution is -2.07. The van der Waals surface area contributed by atoms with Gasteiger partial charge in [-0.15, -0.1) is 0 Å². The first-order valence-electron chi connectivity index (χ1n) is 6.30. The van der Waals surface area contributed by atoms with E-state index < -0.39 is 4.92 Å². The highest BCUT2D eigenvalue weighted by Crippen LogP contribution is 2.29. The molecule has 1 heterocycles. The normalized spacial score (nSPS) is 11.0. The SMILES string of the molecule is Cc1ccc([N+](=O)[O-])c(-c2n[nH]c(=S)n2CC(C)C)c1. The number of nitro groups is 1. The van der Waals surface area contributed by atoms with Crippen molar-refractivity contribution >= 4 is 17.9 Å². The molecule has 106 valence electrons. The number of aromatic nitrogens is 3. The molecule has 0 fully saturated rings. The fourth-order valence-corrected chi connectivity index (χ4v) is 2.25. The summed E-state index contributed by atoms with van der Waals surface area (Å²) in [5, 5.41) is 18.1. The van der Waals surface area contributed by atoms with Crippen LogP contribution in [0.1, 0.15) is 19.4 Å². The maximum atomic E-state index is 11.2. The van der Waals surface area contributed by atoms with Gasteiger partial charge < -0.3 is 0 Å². The Morgan fingerprint density at radius 2 is 2.20 bits per heavy atom. The predicted octanol–water partition coefficient (Wildman–Crippen LogP) is 3.48. The molecule has 0 unspecified atom stereocenters. The monoisotopic (exact) mass is 292 g/mol. The van der Waals surface area contributed by atoms with Crippen molar-refractivity contribution in [2.24, 2.45) is 5.92 Å². The minimum atomic E-state index is -0.397. The van der Waals surface area contributed by atoms with Gasteiger partial charge in [0, 0.05) is 12.6 Å². The number of nitro benzene ring substituents is 1. The topological polar surface area (TPSA) is 76.8 Å². The Balaban J connectivity index is 2.65. The second kappa shape index (κ2) is 5.54. The summed E-state index contributed by atoms with van der Waals surface area (Å²) in [6.45, 7) is 6.67. The summed E-state index contributed by atoms with van der Waals surface area (Å²) < 4.78 is 2.28. The van der Waals surface area contributed by atoms with Crippen LogP contribution in [0.3, 0.4) is 0 Å². The first kappa shape index (κ1) is 14.4. The highest BCUT2D eigenvalue weighted by Gasteiger charge is 2.20. The van der Waals surface area contributed by atoms with Crippen LogP contribution < -0.4 is 0 Å². The highest BCUT2D eigenvalue weighted by molar-refractivity contribution is 7.71. The largest absolute Gasteiger partial charge is 0.300 e. The van der Waals surface area contributed by atoms with Gasteiger partial charge in [-0.3, -0.25) is 19.8 Å². The maximum absolute atomic E-state index is 11.2. The van der Waals surface area contributed by atoms with Crippen LogP contribution in [0.25, 0.3) is 11.4 Å². The fraction of sp³-hybridized carbons (Fsp3) is 0.385. The third kappa shape index (κ3) is 2.77. The van der Waals surface area contributed by atoms with E-state index in [9.17, 15) is 10.1 Å². The van der Waals surface area contributed by atoms with Gasteiger partial charge in [-0.25, -0.2) is 0 Å². The molecule has 7 heteroatoms. The van der Waals surface area contributed by atoms with Crippen LogP contribution in [0.5, 0.6) is 0 Å². The van der Waals surface area contributed by atoms with Crippen LogP contribution in [-0.4, -0.2) is 19.7 Å². The van der Waals surface area contributed by atoms with Crippen molar-refractivity contribution in [1.29, 1.82) is 0 Å². The molecule has 2 aromatic rings. The molecular weight excluding hydrogens is 276 g/mol. The van der Waals surface area contributed by atoms with E-state index in [1.165, 1.54) is 6.07 Å². The third-order valence-corrected chi connectivity index (χ3v) is 3.21. The lowest BCUT2D eigenvalue weighted by atomic mass is 10.1. The zero-order chi connectivity index (χ0) is 14.9. The molecule has 0 amide bonds. The first-order valence-corrected chi connectivity index (χ1v) is 6.71. The van der Waals surface area contributed by atoms with E-state index >= 15 is 0 Å². The molecule has 1 aromatic carbocycles. The maximum Gasteiger partial charge on any atom is 0.280 e. The van der Waals surface area contributed by atoms with Crippen molar-refractivity contribution in [2.45, 2.75) is 27.3 Å². The lowest BCUT2D eigenvalue weighted by Gasteiger charge is -2.10. The molecule has 0 spiro atoms. The molecule has 6 nitrogen and oxygen atoms in total. The number of hydrogen-bond acceptors (Lipinski definition) is 4. The lowest BCUT2D eigenvalue weighted by molar-refractivity contribution is -0.384. The molecule has 0 radical (unpaired) electrons. The van der Waals surface area contributed by atoms with Crippen LogP contribution in [0.15, 0.2) is 18.2 Å². The Hall–Kier alpha value is -2.02. The molecule has 2 rings (SSSR count). The quantitative estimate of drug-likeness (QED) is 0.531. The van der Waals surface area contributed by atoms with Gasteiger partial charge in [0.15, 0.2) is 10.6 Å². The van der Waals surface area contributed by atoms with Gasteiger partial charge in [0.25, 0.3) is 5.69 Å². The molecule has 0 atom stereocenters. The number of benzene rings is 1. The van der Waals surface area contributed by atoms with Crippen LogP contribution in [0.4, 0.5) is 5.69 Å². The van der Waals surface area contributed by atoms with Crippen LogP contribution in [0.2, 0.25) is 0 Å². The number of nitrogens with one attached hydrogen (secondary N) is 1. The van der Waals surface area contributed by atoms with E-state index in [4.69, 9.17) is 12.2 Å². The number of rotatable bonds is 4. The minimum Gasteiger partial charge on any atom is -0.300 e. The molecule has 20 heavy (non-hydrogen) atoms.